The van der Waals surface area contributed by atoms with Crippen LogP contribution in [0.5, 0.6) is 5.75 Å². The predicted octanol–water partition coefficient (Wildman–Crippen LogP) is 0.643. The lowest BCUT2D eigenvalue weighted by Crippen LogP contribution is -2.38. The summed E-state index contributed by atoms with van der Waals surface area (Å²) in [6.07, 6.45) is 1.50. The maximum atomic E-state index is 14.5. The monoisotopic (exact) mass is 357 g/mol. The summed E-state index contributed by atoms with van der Waals surface area (Å²) in [5, 5.41) is 13.5. The van der Waals surface area contributed by atoms with Crippen LogP contribution in [0, 0.1) is 11.7 Å². The van der Waals surface area contributed by atoms with Crippen molar-refractivity contribution in [1.82, 2.24) is 10.0 Å². The molecule has 24 heavy (non-hydrogen) atoms. The van der Waals surface area contributed by atoms with Crippen LogP contribution in [0.4, 0.5) is 10.1 Å². The van der Waals surface area contributed by atoms with Crippen molar-refractivity contribution in [3.05, 3.63) is 23.5 Å². The van der Waals surface area contributed by atoms with Crippen LogP contribution in [0.3, 0.4) is 0 Å². The average molecular weight is 357 g/mol. The van der Waals surface area contributed by atoms with Crippen LogP contribution >= 0.6 is 0 Å². The lowest BCUT2D eigenvalue weighted by atomic mass is 9.84. The van der Waals surface area contributed by atoms with Gasteiger partial charge in [-0.3, -0.25) is 4.79 Å². The molecular formula is C15H20FN3O4S. The van der Waals surface area contributed by atoms with Gasteiger partial charge in [-0.25, -0.2) is 13.4 Å². The van der Waals surface area contributed by atoms with Gasteiger partial charge in [-0.2, -0.15) is 8.42 Å². The summed E-state index contributed by atoms with van der Waals surface area (Å²) < 4.78 is 40.4. The van der Waals surface area contributed by atoms with Crippen molar-refractivity contribution >= 4 is 21.8 Å². The molecule has 2 aliphatic heterocycles. The molecule has 3 N–H and O–H groups in total. The summed E-state index contributed by atoms with van der Waals surface area (Å²) in [5.41, 5.74) is 0.00617. The van der Waals surface area contributed by atoms with Gasteiger partial charge in [-0.15, -0.1) is 0 Å². The van der Waals surface area contributed by atoms with E-state index >= 15 is 0 Å². The van der Waals surface area contributed by atoms with Gasteiger partial charge in [-0.1, -0.05) is 0 Å². The fraction of sp³-hybridized carbons (Fsp3) is 0.533. The topological polar surface area (TPSA) is 98.7 Å². The van der Waals surface area contributed by atoms with Gasteiger partial charge < -0.3 is 10.4 Å². The van der Waals surface area contributed by atoms with E-state index in [0.717, 1.165) is 13.0 Å². The second-order valence-electron chi connectivity index (χ2n) is 6.82. The Morgan fingerprint density at radius 3 is 2.62 bits per heavy atom. The van der Waals surface area contributed by atoms with Crippen molar-refractivity contribution in [2.45, 2.75) is 32.2 Å². The normalized spacial score (nSPS) is 25.0. The number of halogens is 1. The van der Waals surface area contributed by atoms with E-state index in [1.807, 2.05) is 0 Å². The number of rotatable bonds is 3. The second kappa shape index (κ2) is 5.59. The molecule has 9 heteroatoms. The highest BCUT2D eigenvalue weighted by Gasteiger charge is 2.38. The second-order valence-corrected chi connectivity index (χ2v) is 8.42. The standard InChI is InChI=1S/C15H20FN3O4S/c1-15(2)10(3-4-17-15)5-9-6-11(16)14(12(20)7-9)19-8-13(21)18-24(19,22)23/h6-7,10,17,20H,3-5,8H2,1-2H3,(H,18,21). The fourth-order valence-corrected chi connectivity index (χ4v) is 4.54. The zero-order valence-corrected chi connectivity index (χ0v) is 14.3. The lowest BCUT2D eigenvalue weighted by molar-refractivity contribution is -0.117. The first-order chi connectivity index (χ1) is 11.1. The molecule has 1 unspecified atom stereocenters. The van der Waals surface area contributed by atoms with E-state index in [4.69, 9.17) is 0 Å². The molecule has 2 heterocycles. The number of phenols is 1. The van der Waals surface area contributed by atoms with Crippen molar-refractivity contribution in [3.63, 3.8) is 0 Å². The first-order valence-electron chi connectivity index (χ1n) is 7.70. The number of aromatic hydroxyl groups is 1. The van der Waals surface area contributed by atoms with Gasteiger partial charge in [0.1, 0.15) is 18.0 Å². The van der Waals surface area contributed by atoms with Crippen LogP contribution in [0.25, 0.3) is 0 Å². The predicted molar refractivity (Wildman–Crippen MR) is 86.4 cm³/mol. The number of hydrogen-bond acceptors (Lipinski definition) is 5. The molecular weight excluding hydrogens is 337 g/mol. The van der Waals surface area contributed by atoms with Crippen molar-refractivity contribution in [2.75, 3.05) is 17.4 Å². The Kier molecular flexibility index (Phi) is 3.95. The summed E-state index contributed by atoms with van der Waals surface area (Å²) in [6, 6.07) is 2.59. The molecule has 2 fully saturated rings. The van der Waals surface area contributed by atoms with Gasteiger partial charge >= 0.3 is 10.2 Å². The van der Waals surface area contributed by atoms with Crippen LogP contribution < -0.4 is 14.3 Å². The third kappa shape index (κ3) is 2.93. The molecule has 2 saturated heterocycles. The Balaban J connectivity index is 1.91. The molecule has 1 aromatic carbocycles. The number of carbonyl (C=O) groups is 1. The molecule has 1 atom stereocenters. The van der Waals surface area contributed by atoms with E-state index in [1.165, 1.54) is 12.1 Å². The number of carbonyl (C=O) groups excluding carboxylic acids is 1. The average Bonchev–Trinajstić information content (AvgIpc) is 2.88. The molecule has 0 saturated carbocycles. The van der Waals surface area contributed by atoms with Gasteiger partial charge in [0.15, 0.2) is 5.82 Å². The van der Waals surface area contributed by atoms with Gasteiger partial charge in [-0.05, 0) is 56.8 Å². The molecule has 132 valence electrons. The third-order valence-electron chi connectivity index (χ3n) is 4.75. The molecule has 0 radical (unpaired) electrons. The Morgan fingerprint density at radius 1 is 1.42 bits per heavy atom. The first kappa shape index (κ1) is 17.0. The number of benzene rings is 1. The van der Waals surface area contributed by atoms with Crippen molar-refractivity contribution < 1.29 is 22.7 Å². The van der Waals surface area contributed by atoms with Crippen LogP contribution in [0.15, 0.2) is 12.1 Å². The van der Waals surface area contributed by atoms with Gasteiger partial charge in [0, 0.05) is 5.54 Å². The van der Waals surface area contributed by atoms with Crippen molar-refractivity contribution in [3.8, 4) is 5.75 Å². The molecule has 7 nitrogen and oxygen atoms in total. The molecule has 1 amide bonds. The highest BCUT2D eigenvalue weighted by molar-refractivity contribution is 7.92. The Morgan fingerprint density at radius 2 is 2.12 bits per heavy atom. The van der Waals surface area contributed by atoms with E-state index in [1.54, 1.807) is 4.72 Å². The van der Waals surface area contributed by atoms with Crippen LogP contribution in [-0.2, 0) is 21.4 Å². The largest absolute Gasteiger partial charge is 0.506 e. The van der Waals surface area contributed by atoms with E-state index < -0.39 is 39.9 Å². The highest BCUT2D eigenvalue weighted by atomic mass is 32.2. The number of phenolic OH excluding ortho intramolecular Hbond substituents is 1. The molecule has 0 aliphatic carbocycles. The fourth-order valence-electron chi connectivity index (χ4n) is 3.37. The van der Waals surface area contributed by atoms with Crippen LogP contribution in [0.1, 0.15) is 25.8 Å². The Bertz CT molecular complexity index is 771. The molecule has 1 aromatic rings. The van der Waals surface area contributed by atoms with Gasteiger partial charge in [0.25, 0.3) is 5.91 Å². The summed E-state index contributed by atoms with van der Waals surface area (Å²) in [6.45, 7) is 4.47. The minimum atomic E-state index is -4.16. The van der Waals surface area contributed by atoms with E-state index in [2.05, 4.69) is 19.2 Å². The van der Waals surface area contributed by atoms with Crippen LogP contribution in [-0.4, -0.2) is 38.1 Å². The Hall–Kier alpha value is -1.87. The maximum absolute atomic E-state index is 14.5. The number of nitrogens with zero attached hydrogens (tertiary/aromatic N) is 1. The molecule has 2 aliphatic rings. The SMILES string of the molecule is CC1(C)NCCC1Cc1cc(O)c(N2CC(=O)NS2(=O)=O)c(F)c1. The Labute approximate surface area is 140 Å². The first-order valence-corrected chi connectivity index (χ1v) is 9.14. The number of amides is 1. The van der Waals surface area contributed by atoms with E-state index in [0.29, 0.717) is 16.3 Å². The van der Waals surface area contributed by atoms with E-state index in [-0.39, 0.29) is 11.5 Å². The summed E-state index contributed by atoms with van der Waals surface area (Å²) in [4.78, 5) is 11.3. The number of anilines is 1. The van der Waals surface area contributed by atoms with Crippen molar-refractivity contribution in [1.29, 1.82) is 0 Å². The zero-order chi connectivity index (χ0) is 17.7. The lowest BCUT2D eigenvalue weighted by Gasteiger charge is -2.27. The minimum absolute atomic E-state index is 0.0839. The van der Waals surface area contributed by atoms with Gasteiger partial charge in [0.05, 0.1) is 0 Å². The molecule has 0 aromatic heterocycles. The minimum Gasteiger partial charge on any atom is -0.506 e. The summed E-state index contributed by atoms with van der Waals surface area (Å²) >= 11 is 0. The number of hydrogen-bond donors (Lipinski definition) is 3. The molecule has 3 rings (SSSR count). The zero-order valence-electron chi connectivity index (χ0n) is 13.5. The van der Waals surface area contributed by atoms with Gasteiger partial charge in [0.2, 0.25) is 0 Å². The maximum Gasteiger partial charge on any atom is 0.326 e. The summed E-state index contributed by atoms with van der Waals surface area (Å²) in [7, 11) is -4.16. The quantitative estimate of drug-likeness (QED) is 0.737. The smallest absolute Gasteiger partial charge is 0.326 e. The molecule has 0 bridgehead atoms. The summed E-state index contributed by atoms with van der Waals surface area (Å²) in [5.74, 6) is -1.85. The van der Waals surface area contributed by atoms with Crippen LogP contribution in [0.2, 0.25) is 0 Å². The number of nitrogens with one attached hydrogen (secondary N) is 2. The molecule has 0 spiro atoms. The highest BCUT2D eigenvalue weighted by Crippen LogP contribution is 2.36. The van der Waals surface area contributed by atoms with E-state index in [9.17, 15) is 22.7 Å². The van der Waals surface area contributed by atoms with Crippen molar-refractivity contribution in [2.24, 2.45) is 5.92 Å². The third-order valence-corrected chi connectivity index (χ3v) is 6.13.